The lowest BCUT2D eigenvalue weighted by atomic mass is 10.3. The van der Waals surface area contributed by atoms with Gasteiger partial charge in [0.25, 0.3) is 5.91 Å². The Morgan fingerprint density at radius 2 is 2.00 bits per heavy atom. The Kier molecular flexibility index (Phi) is 5.62. The number of carbonyl (C=O) groups excluding carboxylic acids is 2. The van der Waals surface area contributed by atoms with Gasteiger partial charge in [0.15, 0.2) is 6.10 Å². The van der Waals surface area contributed by atoms with Gasteiger partial charge in [-0.05, 0) is 36.7 Å². The molecule has 3 aromatic rings. The van der Waals surface area contributed by atoms with E-state index < -0.39 is 12.1 Å². The van der Waals surface area contributed by atoms with Gasteiger partial charge in [0, 0.05) is 4.88 Å². The van der Waals surface area contributed by atoms with Crippen LogP contribution in [0.2, 0.25) is 0 Å². The Morgan fingerprint density at radius 3 is 2.68 bits per heavy atom. The average molecular weight is 393 g/mol. The fourth-order valence-electron chi connectivity index (χ4n) is 2.09. The molecule has 8 heteroatoms. The Balaban J connectivity index is 1.60. The molecule has 130 valence electrons. The maximum atomic E-state index is 12.4. The second-order valence-electron chi connectivity index (χ2n) is 5.26. The standard InChI is InChI=1S/C17H16N2O3S3/c1-10-14(25-16(19-10)13-6-4-8-24-13)17(21)22-11(2)15(20)18-9-12-5-3-7-23-12/h3-8,11H,9H2,1-2H3,(H,18,20). The fourth-order valence-corrected chi connectivity index (χ4v) is 4.48. The molecule has 5 nitrogen and oxygen atoms in total. The van der Waals surface area contributed by atoms with Gasteiger partial charge >= 0.3 is 5.97 Å². The number of hydrogen-bond donors (Lipinski definition) is 1. The van der Waals surface area contributed by atoms with Crippen molar-refractivity contribution in [2.24, 2.45) is 0 Å². The minimum atomic E-state index is -0.862. The maximum Gasteiger partial charge on any atom is 0.351 e. The molecule has 1 N–H and O–H groups in total. The summed E-state index contributed by atoms with van der Waals surface area (Å²) in [6.45, 7) is 3.77. The number of thiazole rings is 1. The normalized spacial score (nSPS) is 11.9. The molecule has 0 saturated carbocycles. The Hall–Kier alpha value is -2.03. The first kappa shape index (κ1) is 17.8. The van der Waals surface area contributed by atoms with Gasteiger partial charge in [0.2, 0.25) is 0 Å². The van der Waals surface area contributed by atoms with Gasteiger partial charge in [-0.15, -0.1) is 34.0 Å². The predicted molar refractivity (Wildman–Crippen MR) is 101 cm³/mol. The van der Waals surface area contributed by atoms with Crippen molar-refractivity contribution in [3.05, 3.63) is 50.5 Å². The Morgan fingerprint density at radius 1 is 1.24 bits per heavy atom. The number of nitrogens with zero attached hydrogens (tertiary/aromatic N) is 1. The van der Waals surface area contributed by atoms with Crippen molar-refractivity contribution in [1.82, 2.24) is 10.3 Å². The van der Waals surface area contributed by atoms with Crippen molar-refractivity contribution < 1.29 is 14.3 Å². The summed E-state index contributed by atoms with van der Waals surface area (Å²) in [7, 11) is 0. The lowest BCUT2D eigenvalue weighted by Crippen LogP contribution is -2.35. The Bertz CT molecular complexity index is 854. The molecule has 1 amide bonds. The molecule has 0 aliphatic carbocycles. The van der Waals surface area contributed by atoms with Crippen LogP contribution in [0.3, 0.4) is 0 Å². The van der Waals surface area contributed by atoms with Crippen LogP contribution in [0.1, 0.15) is 27.2 Å². The maximum absolute atomic E-state index is 12.4. The van der Waals surface area contributed by atoms with E-state index in [-0.39, 0.29) is 5.91 Å². The van der Waals surface area contributed by atoms with Gasteiger partial charge in [-0.3, -0.25) is 4.79 Å². The van der Waals surface area contributed by atoms with Crippen LogP contribution in [0.25, 0.3) is 9.88 Å². The highest BCUT2D eigenvalue weighted by Gasteiger charge is 2.23. The van der Waals surface area contributed by atoms with E-state index in [0.717, 1.165) is 14.8 Å². The zero-order valence-corrected chi connectivity index (χ0v) is 16.1. The third-order valence-corrected chi connectivity index (χ3v) is 6.44. The molecule has 25 heavy (non-hydrogen) atoms. The van der Waals surface area contributed by atoms with E-state index in [0.29, 0.717) is 17.1 Å². The van der Waals surface area contributed by atoms with Crippen molar-refractivity contribution in [3.63, 3.8) is 0 Å². The molecule has 0 aliphatic rings. The number of thiophene rings is 2. The number of ether oxygens (including phenoxy) is 1. The highest BCUT2D eigenvalue weighted by molar-refractivity contribution is 7.22. The number of nitrogens with one attached hydrogen (secondary N) is 1. The highest BCUT2D eigenvalue weighted by Crippen LogP contribution is 2.31. The number of rotatable bonds is 6. The third-order valence-electron chi connectivity index (χ3n) is 3.38. The molecule has 0 saturated heterocycles. The number of hydrogen-bond acceptors (Lipinski definition) is 7. The van der Waals surface area contributed by atoms with Crippen LogP contribution in [0, 0.1) is 6.92 Å². The smallest absolute Gasteiger partial charge is 0.351 e. The SMILES string of the molecule is Cc1nc(-c2cccs2)sc1C(=O)OC(C)C(=O)NCc1cccs1. The van der Waals surface area contributed by atoms with Crippen molar-refractivity contribution in [2.75, 3.05) is 0 Å². The molecule has 0 radical (unpaired) electrons. The van der Waals surface area contributed by atoms with E-state index in [4.69, 9.17) is 4.74 Å². The molecule has 1 atom stereocenters. The molecule has 3 heterocycles. The zero-order valence-electron chi connectivity index (χ0n) is 13.6. The number of amides is 1. The summed E-state index contributed by atoms with van der Waals surface area (Å²) in [5.41, 5.74) is 0.615. The first-order valence-electron chi connectivity index (χ1n) is 7.57. The minimum Gasteiger partial charge on any atom is -0.448 e. The second-order valence-corrected chi connectivity index (χ2v) is 8.23. The van der Waals surface area contributed by atoms with Crippen molar-refractivity contribution in [2.45, 2.75) is 26.5 Å². The molecule has 0 bridgehead atoms. The van der Waals surface area contributed by atoms with Crippen LogP contribution < -0.4 is 5.32 Å². The Labute approximate surface area is 157 Å². The van der Waals surface area contributed by atoms with E-state index in [9.17, 15) is 9.59 Å². The summed E-state index contributed by atoms with van der Waals surface area (Å²) in [5.74, 6) is -0.834. The van der Waals surface area contributed by atoms with Crippen molar-refractivity contribution in [1.29, 1.82) is 0 Å². The molecule has 0 spiro atoms. The topological polar surface area (TPSA) is 68.3 Å². The van der Waals surface area contributed by atoms with Gasteiger partial charge in [0.05, 0.1) is 17.1 Å². The average Bonchev–Trinajstić information content (AvgIpc) is 3.33. The van der Waals surface area contributed by atoms with E-state index in [1.807, 2.05) is 35.0 Å². The molecular formula is C17H16N2O3S3. The molecular weight excluding hydrogens is 376 g/mol. The number of aryl methyl sites for hydroxylation is 1. The predicted octanol–water partition coefficient (Wildman–Crippen LogP) is 4.10. The first-order valence-corrected chi connectivity index (χ1v) is 10.1. The van der Waals surface area contributed by atoms with Crippen LogP contribution in [0.4, 0.5) is 0 Å². The van der Waals surface area contributed by atoms with Gasteiger partial charge in [0.1, 0.15) is 9.88 Å². The van der Waals surface area contributed by atoms with Crippen LogP contribution in [-0.4, -0.2) is 23.0 Å². The van der Waals surface area contributed by atoms with Crippen LogP contribution >= 0.6 is 34.0 Å². The van der Waals surface area contributed by atoms with Crippen LogP contribution in [0.5, 0.6) is 0 Å². The largest absolute Gasteiger partial charge is 0.448 e. The lowest BCUT2D eigenvalue weighted by molar-refractivity contribution is -0.129. The van der Waals surface area contributed by atoms with E-state index in [2.05, 4.69) is 10.3 Å². The molecule has 3 aromatic heterocycles. The van der Waals surface area contributed by atoms with Crippen LogP contribution in [0.15, 0.2) is 35.0 Å². The molecule has 0 fully saturated rings. The van der Waals surface area contributed by atoms with Crippen molar-refractivity contribution >= 4 is 45.9 Å². The molecule has 3 rings (SSSR count). The van der Waals surface area contributed by atoms with Crippen LogP contribution in [-0.2, 0) is 16.1 Å². The second kappa shape index (κ2) is 7.90. The van der Waals surface area contributed by atoms with Crippen molar-refractivity contribution in [3.8, 4) is 9.88 Å². The highest BCUT2D eigenvalue weighted by atomic mass is 32.1. The molecule has 1 unspecified atom stereocenters. The summed E-state index contributed by atoms with van der Waals surface area (Å²) < 4.78 is 5.31. The van der Waals surface area contributed by atoms with Gasteiger partial charge in [-0.1, -0.05) is 12.1 Å². The van der Waals surface area contributed by atoms with E-state index in [1.165, 1.54) is 11.3 Å². The van der Waals surface area contributed by atoms with Gasteiger partial charge in [-0.25, -0.2) is 9.78 Å². The fraction of sp³-hybridized carbons (Fsp3) is 0.235. The lowest BCUT2D eigenvalue weighted by Gasteiger charge is -2.12. The van der Waals surface area contributed by atoms with E-state index in [1.54, 1.807) is 36.5 Å². The molecule has 0 aromatic carbocycles. The zero-order chi connectivity index (χ0) is 17.8. The summed E-state index contributed by atoms with van der Waals surface area (Å²) in [4.78, 5) is 31.4. The van der Waals surface area contributed by atoms with Gasteiger partial charge in [-0.2, -0.15) is 0 Å². The molecule has 0 aliphatic heterocycles. The summed E-state index contributed by atoms with van der Waals surface area (Å²) in [5, 5.41) is 7.46. The quantitative estimate of drug-likeness (QED) is 0.641. The summed E-state index contributed by atoms with van der Waals surface area (Å²) in [6, 6.07) is 7.76. The summed E-state index contributed by atoms with van der Waals surface area (Å²) in [6.07, 6.45) is -0.862. The number of carbonyl (C=O) groups is 2. The van der Waals surface area contributed by atoms with E-state index >= 15 is 0 Å². The monoisotopic (exact) mass is 392 g/mol. The first-order chi connectivity index (χ1) is 12.0. The number of esters is 1. The number of aromatic nitrogens is 1. The van der Waals surface area contributed by atoms with Gasteiger partial charge < -0.3 is 10.1 Å². The third kappa shape index (κ3) is 4.33. The minimum absolute atomic E-state index is 0.317. The summed E-state index contributed by atoms with van der Waals surface area (Å²) >= 11 is 4.41.